The topological polar surface area (TPSA) is 70.5 Å². The minimum Gasteiger partial charge on any atom is -0.353 e. The van der Waals surface area contributed by atoms with Gasteiger partial charge in [0.05, 0.1) is 24.8 Å². The van der Waals surface area contributed by atoms with Gasteiger partial charge in [0.15, 0.2) is 0 Å². The molecule has 29 heavy (non-hydrogen) atoms. The van der Waals surface area contributed by atoms with Gasteiger partial charge in [-0.3, -0.25) is 19.2 Å². The number of carbonyl (C=O) groups excluding carboxylic acids is 2. The highest BCUT2D eigenvalue weighted by molar-refractivity contribution is 6.31. The van der Waals surface area contributed by atoms with Gasteiger partial charge in [-0.2, -0.15) is 5.10 Å². The van der Waals surface area contributed by atoms with Crippen molar-refractivity contribution < 1.29 is 9.59 Å². The predicted octanol–water partition coefficient (Wildman–Crippen LogP) is 2.26. The van der Waals surface area contributed by atoms with Gasteiger partial charge in [-0.1, -0.05) is 36.7 Å². The molecule has 8 heteroatoms. The Kier molecular flexibility index (Phi) is 7.28. The molecule has 0 aliphatic carbocycles. The smallest absolute Gasteiger partial charge is 0.257 e. The predicted molar refractivity (Wildman–Crippen MR) is 113 cm³/mol. The molecule has 1 N–H and O–H groups in total. The van der Waals surface area contributed by atoms with E-state index in [1.807, 2.05) is 43.0 Å². The van der Waals surface area contributed by atoms with E-state index in [9.17, 15) is 9.59 Å². The molecule has 7 nitrogen and oxygen atoms in total. The molecule has 0 spiro atoms. The zero-order valence-electron chi connectivity index (χ0n) is 17.0. The van der Waals surface area contributed by atoms with E-state index in [2.05, 4.69) is 15.3 Å². The summed E-state index contributed by atoms with van der Waals surface area (Å²) in [6.45, 7) is 7.53. The molecule has 1 saturated heterocycles. The van der Waals surface area contributed by atoms with Crippen molar-refractivity contribution in [3.63, 3.8) is 0 Å². The minimum absolute atomic E-state index is 0.0286. The lowest BCUT2D eigenvalue weighted by molar-refractivity contribution is -0.123. The van der Waals surface area contributed by atoms with Gasteiger partial charge < -0.3 is 10.2 Å². The average molecular weight is 418 g/mol. The van der Waals surface area contributed by atoms with Gasteiger partial charge in [0, 0.05) is 43.4 Å². The Bertz CT molecular complexity index is 845. The van der Waals surface area contributed by atoms with Crippen LogP contribution in [0.1, 0.15) is 36.2 Å². The number of carbonyl (C=O) groups is 2. The van der Waals surface area contributed by atoms with Crippen molar-refractivity contribution in [2.45, 2.75) is 32.9 Å². The minimum atomic E-state index is -0.0286. The van der Waals surface area contributed by atoms with Crippen LogP contribution in [0.25, 0.3) is 0 Å². The SMILES string of the molecule is CCC(C)NC(=O)CN1CCN(C(=O)c2cnn(Cc3ccccc3Cl)c2)CC1. The van der Waals surface area contributed by atoms with E-state index in [-0.39, 0.29) is 17.9 Å². The van der Waals surface area contributed by atoms with Gasteiger partial charge in [-0.25, -0.2) is 0 Å². The summed E-state index contributed by atoms with van der Waals surface area (Å²) >= 11 is 6.20. The van der Waals surface area contributed by atoms with E-state index in [1.165, 1.54) is 0 Å². The van der Waals surface area contributed by atoms with Crippen molar-refractivity contribution in [2.75, 3.05) is 32.7 Å². The average Bonchev–Trinajstić information content (AvgIpc) is 3.18. The first-order chi connectivity index (χ1) is 14.0. The lowest BCUT2D eigenvalue weighted by Gasteiger charge is -2.34. The summed E-state index contributed by atoms with van der Waals surface area (Å²) in [5.74, 6) is 0.0130. The molecule has 1 fully saturated rings. The lowest BCUT2D eigenvalue weighted by Crippen LogP contribution is -2.51. The van der Waals surface area contributed by atoms with Crippen molar-refractivity contribution in [2.24, 2.45) is 0 Å². The summed E-state index contributed by atoms with van der Waals surface area (Å²) < 4.78 is 1.73. The first-order valence-corrected chi connectivity index (χ1v) is 10.4. The molecule has 2 heterocycles. The van der Waals surface area contributed by atoms with Gasteiger partial charge >= 0.3 is 0 Å². The molecule has 1 aliphatic rings. The third-order valence-electron chi connectivity index (χ3n) is 5.22. The number of hydrogen-bond acceptors (Lipinski definition) is 4. The number of piperazine rings is 1. The molecular formula is C21H28ClN5O2. The van der Waals surface area contributed by atoms with Crippen LogP contribution in [0, 0.1) is 0 Å². The first-order valence-electron chi connectivity index (χ1n) is 10.0. The standard InChI is InChI=1S/C21H28ClN5O2/c1-3-16(2)24-20(28)15-25-8-10-26(11-9-25)21(29)18-12-23-27(14-18)13-17-6-4-5-7-19(17)22/h4-7,12,14,16H,3,8-11,13,15H2,1-2H3,(H,24,28). The number of hydrogen-bond donors (Lipinski definition) is 1. The lowest BCUT2D eigenvalue weighted by atomic mass is 10.2. The largest absolute Gasteiger partial charge is 0.353 e. The Morgan fingerprint density at radius 1 is 1.21 bits per heavy atom. The zero-order chi connectivity index (χ0) is 20.8. The van der Waals surface area contributed by atoms with Gasteiger partial charge in [0.2, 0.25) is 5.91 Å². The Morgan fingerprint density at radius 3 is 2.62 bits per heavy atom. The summed E-state index contributed by atoms with van der Waals surface area (Å²) in [4.78, 5) is 28.7. The normalized spacial score (nSPS) is 15.9. The maximum Gasteiger partial charge on any atom is 0.257 e. The molecule has 1 atom stereocenters. The molecular weight excluding hydrogens is 390 g/mol. The molecule has 156 valence electrons. The van der Waals surface area contributed by atoms with E-state index >= 15 is 0 Å². The van der Waals surface area contributed by atoms with Crippen LogP contribution in [0.5, 0.6) is 0 Å². The van der Waals surface area contributed by atoms with Crippen molar-refractivity contribution in [1.29, 1.82) is 0 Å². The number of nitrogens with one attached hydrogen (secondary N) is 1. The first kappa shape index (κ1) is 21.3. The summed E-state index contributed by atoms with van der Waals surface area (Å²) in [6, 6.07) is 7.79. The molecule has 1 aliphatic heterocycles. The van der Waals surface area contributed by atoms with Gasteiger partial charge in [0.1, 0.15) is 0 Å². The molecule has 0 radical (unpaired) electrons. The van der Waals surface area contributed by atoms with Crippen LogP contribution in [0.2, 0.25) is 5.02 Å². The summed E-state index contributed by atoms with van der Waals surface area (Å²) in [5, 5.41) is 7.97. The van der Waals surface area contributed by atoms with E-state index in [0.29, 0.717) is 49.9 Å². The summed E-state index contributed by atoms with van der Waals surface area (Å²) in [6.07, 6.45) is 4.28. The molecule has 1 unspecified atom stereocenters. The van der Waals surface area contributed by atoms with E-state index in [1.54, 1.807) is 17.1 Å². The van der Waals surface area contributed by atoms with E-state index < -0.39 is 0 Å². The molecule has 3 rings (SSSR count). The molecule has 0 bridgehead atoms. The fourth-order valence-electron chi connectivity index (χ4n) is 3.28. The number of benzene rings is 1. The van der Waals surface area contributed by atoms with Crippen LogP contribution in [0.4, 0.5) is 0 Å². The monoisotopic (exact) mass is 417 g/mol. The van der Waals surface area contributed by atoms with Gasteiger partial charge in [-0.15, -0.1) is 0 Å². The second-order valence-corrected chi connectivity index (χ2v) is 7.87. The zero-order valence-corrected chi connectivity index (χ0v) is 17.7. The molecule has 2 amide bonds. The van der Waals surface area contributed by atoms with E-state index in [4.69, 9.17) is 11.6 Å². The molecule has 2 aromatic rings. The molecule has 1 aromatic heterocycles. The Morgan fingerprint density at radius 2 is 1.93 bits per heavy atom. The van der Waals surface area contributed by atoms with Gasteiger partial charge in [0.25, 0.3) is 5.91 Å². The number of nitrogens with zero attached hydrogens (tertiary/aromatic N) is 4. The van der Waals surface area contributed by atoms with Crippen LogP contribution in [0.3, 0.4) is 0 Å². The Hall–Kier alpha value is -2.38. The van der Waals surface area contributed by atoms with Crippen molar-refractivity contribution in [3.05, 3.63) is 52.8 Å². The number of rotatable bonds is 7. The van der Waals surface area contributed by atoms with Crippen LogP contribution in [0.15, 0.2) is 36.7 Å². The maximum absolute atomic E-state index is 12.8. The summed E-state index contributed by atoms with van der Waals surface area (Å²) in [5.41, 5.74) is 1.53. The molecule has 0 saturated carbocycles. The Balaban J connectivity index is 1.50. The highest BCUT2D eigenvalue weighted by Crippen LogP contribution is 2.16. The Labute approximate surface area is 176 Å². The quantitative estimate of drug-likeness (QED) is 0.750. The van der Waals surface area contributed by atoms with Crippen molar-refractivity contribution in [3.8, 4) is 0 Å². The van der Waals surface area contributed by atoms with E-state index in [0.717, 1.165) is 12.0 Å². The number of halogens is 1. The fourth-order valence-corrected chi connectivity index (χ4v) is 3.47. The third-order valence-corrected chi connectivity index (χ3v) is 5.59. The highest BCUT2D eigenvalue weighted by atomic mass is 35.5. The van der Waals surface area contributed by atoms with Crippen molar-refractivity contribution in [1.82, 2.24) is 24.9 Å². The van der Waals surface area contributed by atoms with Crippen LogP contribution in [-0.4, -0.2) is 70.2 Å². The van der Waals surface area contributed by atoms with Crippen LogP contribution < -0.4 is 5.32 Å². The second-order valence-electron chi connectivity index (χ2n) is 7.46. The fraction of sp³-hybridized carbons (Fsp3) is 0.476. The van der Waals surface area contributed by atoms with Crippen LogP contribution >= 0.6 is 11.6 Å². The van der Waals surface area contributed by atoms with Crippen LogP contribution in [-0.2, 0) is 11.3 Å². The third kappa shape index (κ3) is 5.81. The highest BCUT2D eigenvalue weighted by Gasteiger charge is 2.24. The second kappa shape index (κ2) is 9.89. The number of aromatic nitrogens is 2. The van der Waals surface area contributed by atoms with Gasteiger partial charge in [-0.05, 0) is 25.0 Å². The summed E-state index contributed by atoms with van der Waals surface area (Å²) in [7, 11) is 0. The number of amides is 2. The molecule has 1 aromatic carbocycles. The maximum atomic E-state index is 12.8. The van der Waals surface area contributed by atoms with Crippen molar-refractivity contribution >= 4 is 23.4 Å².